The highest BCUT2D eigenvalue weighted by atomic mass is 32.2. The average molecular weight is 502 g/mol. The molecule has 0 atom stereocenters. The van der Waals surface area contributed by atoms with Gasteiger partial charge in [0.05, 0.1) is 35.0 Å². The van der Waals surface area contributed by atoms with Gasteiger partial charge >= 0.3 is 0 Å². The van der Waals surface area contributed by atoms with Gasteiger partial charge < -0.3 is 14.2 Å². The Hall–Kier alpha value is -3.69. The number of benzene rings is 2. The molecule has 0 radical (unpaired) electrons. The summed E-state index contributed by atoms with van der Waals surface area (Å²) in [7, 11) is 0.0486. The van der Waals surface area contributed by atoms with Gasteiger partial charge in [0.2, 0.25) is 10.0 Å². The Labute approximate surface area is 209 Å². The van der Waals surface area contributed by atoms with Gasteiger partial charge in [-0.1, -0.05) is 18.2 Å². The van der Waals surface area contributed by atoms with Gasteiger partial charge in [0.15, 0.2) is 0 Å². The predicted octanol–water partition coefficient (Wildman–Crippen LogP) is 4.10. The number of methoxy groups -OCH3 is 1. The maximum absolute atomic E-state index is 13.6. The molecular formula is C27H27N5O3S. The van der Waals surface area contributed by atoms with Crippen LogP contribution < -0.4 is 9.64 Å². The lowest BCUT2D eigenvalue weighted by Gasteiger charge is -2.36. The molecule has 3 aromatic heterocycles. The molecule has 5 aromatic rings. The van der Waals surface area contributed by atoms with Crippen LogP contribution in [-0.2, 0) is 17.1 Å². The van der Waals surface area contributed by atoms with E-state index in [0.29, 0.717) is 31.7 Å². The Kier molecular flexibility index (Phi) is 5.35. The number of sulfonamides is 1. The monoisotopic (exact) mass is 501 g/mol. The smallest absolute Gasteiger partial charge is 0.245 e. The molecule has 0 saturated carbocycles. The molecule has 0 amide bonds. The Bertz CT molecular complexity index is 1730. The van der Waals surface area contributed by atoms with Crippen LogP contribution in [0.25, 0.3) is 32.7 Å². The summed E-state index contributed by atoms with van der Waals surface area (Å²) in [6.07, 6.45) is 3.47. The zero-order chi connectivity index (χ0) is 25.0. The summed E-state index contributed by atoms with van der Waals surface area (Å²) >= 11 is 0. The van der Waals surface area contributed by atoms with Crippen molar-refractivity contribution in [3.8, 4) is 5.75 Å². The number of aryl methyl sites for hydroxylation is 2. The van der Waals surface area contributed by atoms with Gasteiger partial charge in [-0.05, 0) is 31.2 Å². The summed E-state index contributed by atoms with van der Waals surface area (Å²) in [4.78, 5) is 11.3. The molecule has 8 nitrogen and oxygen atoms in total. The molecule has 0 aliphatic carbocycles. The van der Waals surface area contributed by atoms with Crippen LogP contribution in [0, 0.1) is 6.92 Å². The molecule has 0 bridgehead atoms. The quantitative estimate of drug-likeness (QED) is 0.369. The Morgan fingerprint density at radius 1 is 0.917 bits per heavy atom. The van der Waals surface area contributed by atoms with E-state index in [1.54, 1.807) is 29.7 Å². The third-order valence-electron chi connectivity index (χ3n) is 7.18. The molecular weight excluding hydrogens is 474 g/mol. The number of rotatable bonds is 4. The maximum atomic E-state index is 13.6. The minimum atomic E-state index is -3.67. The topological polar surface area (TPSA) is 80.6 Å². The van der Waals surface area contributed by atoms with Crippen molar-refractivity contribution in [2.24, 2.45) is 7.05 Å². The van der Waals surface area contributed by atoms with E-state index in [1.165, 1.54) is 0 Å². The van der Waals surface area contributed by atoms with E-state index in [-0.39, 0.29) is 4.90 Å². The summed E-state index contributed by atoms with van der Waals surface area (Å²) in [5, 5.41) is 3.09. The first-order chi connectivity index (χ1) is 17.4. The highest BCUT2D eigenvalue weighted by molar-refractivity contribution is 7.89. The molecule has 9 heteroatoms. The second-order valence-corrected chi connectivity index (χ2v) is 11.0. The first-order valence-corrected chi connectivity index (χ1v) is 13.3. The fourth-order valence-electron chi connectivity index (χ4n) is 5.37. The molecule has 1 aliphatic rings. The van der Waals surface area contributed by atoms with Gasteiger partial charge in [0.25, 0.3) is 0 Å². The third-order valence-corrected chi connectivity index (χ3v) is 9.11. The fourth-order valence-corrected chi connectivity index (χ4v) is 6.96. The van der Waals surface area contributed by atoms with Crippen LogP contribution in [0.5, 0.6) is 5.75 Å². The molecule has 1 aliphatic heterocycles. The van der Waals surface area contributed by atoms with Crippen LogP contribution in [0.3, 0.4) is 0 Å². The van der Waals surface area contributed by atoms with Gasteiger partial charge in [-0.25, -0.2) is 8.42 Å². The number of hydrogen-bond acceptors (Lipinski definition) is 6. The first kappa shape index (κ1) is 22.8. The van der Waals surface area contributed by atoms with Crippen LogP contribution in [0.4, 0.5) is 5.69 Å². The second-order valence-electron chi connectivity index (χ2n) is 9.12. The molecule has 4 heterocycles. The van der Waals surface area contributed by atoms with Crippen LogP contribution in [0.15, 0.2) is 65.8 Å². The van der Waals surface area contributed by atoms with Gasteiger partial charge in [0, 0.05) is 67.8 Å². The van der Waals surface area contributed by atoms with E-state index in [9.17, 15) is 8.42 Å². The molecule has 2 aromatic carbocycles. The Morgan fingerprint density at radius 2 is 1.69 bits per heavy atom. The third kappa shape index (κ3) is 3.42. The molecule has 36 heavy (non-hydrogen) atoms. The van der Waals surface area contributed by atoms with Gasteiger partial charge in [-0.2, -0.15) is 4.31 Å². The number of fused-ring (bicyclic) bond motifs is 4. The summed E-state index contributed by atoms with van der Waals surface area (Å²) in [5.74, 6) is 0.772. The van der Waals surface area contributed by atoms with Crippen molar-refractivity contribution >= 4 is 48.4 Å². The number of hydrogen-bond donors (Lipinski definition) is 0. The highest BCUT2D eigenvalue weighted by Gasteiger charge is 2.31. The normalized spacial score (nSPS) is 15.2. The van der Waals surface area contributed by atoms with E-state index in [0.717, 1.165) is 44.3 Å². The molecule has 1 saturated heterocycles. The predicted molar refractivity (Wildman–Crippen MR) is 142 cm³/mol. The van der Waals surface area contributed by atoms with E-state index in [4.69, 9.17) is 4.74 Å². The second kappa shape index (κ2) is 8.46. The molecule has 1 fully saturated rings. The lowest BCUT2D eigenvalue weighted by molar-refractivity contribution is 0.378. The van der Waals surface area contributed by atoms with Crippen LogP contribution in [0.2, 0.25) is 0 Å². The van der Waals surface area contributed by atoms with Crippen molar-refractivity contribution in [2.45, 2.75) is 11.8 Å². The minimum absolute atomic E-state index is 0.257. The fraction of sp³-hybridized carbons (Fsp3) is 0.259. The number of nitrogens with zero attached hydrogens (tertiary/aromatic N) is 5. The molecule has 184 valence electrons. The van der Waals surface area contributed by atoms with Crippen LogP contribution in [-0.4, -0.2) is 60.5 Å². The molecule has 0 N–H and O–H groups in total. The molecule has 6 rings (SSSR count). The highest BCUT2D eigenvalue weighted by Crippen LogP contribution is 2.39. The van der Waals surface area contributed by atoms with E-state index < -0.39 is 10.0 Å². The zero-order valence-electron chi connectivity index (χ0n) is 20.5. The number of para-hydroxylation sites is 1. The average Bonchev–Trinajstić information content (AvgIpc) is 3.19. The Morgan fingerprint density at radius 3 is 2.47 bits per heavy atom. The van der Waals surface area contributed by atoms with E-state index in [2.05, 4.69) is 31.6 Å². The van der Waals surface area contributed by atoms with E-state index >= 15 is 0 Å². The van der Waals surface area contributed by atoms with Crippen LogP contribution in [0.1, 0.15) is 5.69 Å². The number of ether oxygens (including phenoxy) is 1. The first-order valence-electron chi connectivity index (χ1n) is 11.9. The zero-order valence-corrected chi connectivity index (χ0v) is 21.3. The van der Waals surface area contributed by atoms with Crippen molar-refractivity contribution in [1.82, 2.24) is 18.8 Å². The van der Waals surface area contributed by atoms with Crippen LogP contribution >= 0.6 is 0 Å². The number of aromatic nitrogens is 3. The van der Waals surface area contributed by atoms with Gasteiger partial charge in [-0.3, -0.25) is 9.97 Å². The maximum Gasteiger partial charge on any atom is 0.245 e. The summed E-state index contributed by atoms with van der Waals surface area (Å²) in [6.45, 7) is 3.90. The van der Waals surface area contributed by atoms with E-state index in [1.807, 2.05) is 44.4 Å². The standard InChI is InChI=1S/C27H27N5O3S/c1-18-27-20(9-11-28-18)21-16-23(24(35-3)17-22(21)30(27)2)31-12-14-32(15-13-31)36(33,34)25-8-4-6-19-7-5-10-29-26(19)25/h4-11,16-17H,12-15H2,1-3H3. The lowest BCUT2D eigenvalue weighted by atomic mass is 10.1. The van der Waals surface area contributed by atoms with Gasteiger partial charge in [-0.15, -0.1) is 0 Å². The minimum Gasteiger partial charge on any atom is -0.495 e. The van der Waals surface area contributed by atoms with Gasteiger partial charge in [0.1, 0.15) is 10.6 Å². The summed E-state index contributed by atoms with van der Waals surface area (Å²) in [5.41, 5.74) is 4.64. The van der Waals surface area contributed by atoms with Crippen molar-refractivity contribution in [1.29, 1.82) is 0 Å². The van der Waals surface area contributed by atoms with Crippen molar-refractivity contribution in [3.05, 3.63) is 66.6 Å². The van der Waals surface area contributed by atoms with Crippen molar-refractivity contribution in [2.75, 3.05) is 38.2 Å². The summed E-state index contributed by atoms with van der Waals surface area (Å²) < 4.78 is 36.6. The Balaban J connectivity index is 1.34. The number of anilines is 1. The molecule has 0 unspecified atom stereocenters. The van der Waals surface area contributed by atoms with Crippen molar-refractivity contribution < 1.29 is 13.2 Å². The van der Waals surface area contributed by atoms with Crippen molar-refractivity contribution in [3.63, 3.8) is 0 Å². The lowest BCUT2D eigenvalue weighted by Crippen LogP contribution is -2.48. The largest absolute Gasteiger partial charge is 0.495 e. The number of piperazine rings is 1. The SMILES string of the molecule is COc1cc2c(cc1N1CCN(S(=O)(=O)c3cccc4cccnc34)CC1)c1ccnc(C)c1n2C. The summed E-state index contributed by atoms with van der Waals surface area (Å²) in [6, 6.07) is 15.3. The number of pyridine rings is 2. The molecule has 0 spiro atoms.